The number of terminal acetylenes is 1. The van der Waals surface area contributed by atoms with Gasteiger partial charge < -0.3 is 20.8 Å². The van der Waals surface area contributed by atoms with E-state index >= 15 is 0 Å². The average Bonchev–Trinajstić information content (AvgIpc) is 2.46. The summed E-state index contributed by atoms with van der Waals surface area (Å²) < 4.78 is 0. The summed E-state index contributed by atoms with van der Waals surface area (Å²) in [4.78, 5) is 22.9. The van der Waals surface area contributed by atoms with Crippen LogP contribution in [0.2, 0.25) is 0 Å². The minimum Gasteiger partial charge on any atom is -0.508 e. The van der Waals surface area contributed by atoms with Crippen molar-refractivity contribution in [2.45, 2.75) is 31.8 Å². The Bertz CT molecular complexity index is 534. The highest BCUT2D eigenvalue weighted by Crippen LogP contribution is 2.11. The minimum absolute atomic E-state index is 0.0936. The monoisotopic (exact) mass is 290 g/mol. The molecule has 1 aromatic rings. The molecule has 2 amide bonds. The maximum atomic E-state index is 11.7. The molecule has 0 aliphatic heterocycles. The molecule has 1 unspecified atom stereocenters. The van der Waals surface area contributed by atoms with Crippen LogP contribution in [0, 0.1) is 12.3 Å². The third-order valence-electron chi connectivity index (χ3n) is 2.89. The van der Waals surface area contributed by atoms with Crippen LogP contribution in [-0.2, 0) is 11.2 Å². The van der Waals surface area contributed by atoms with E-state index in [0.29, 0.717) is 12.0 Å². The summed E-state index contributed by atoms with van der Waals surface area (Å²) in [5.41, 5.74) is 0.685. The third-order valence-corrected chi connectivity index (χ3v) is 2.89. The van der Waals surface area contributed by atoms with Gasteiger partial charge in [0, 0.05) is 6.42 Å². The zero-order chi connectivity index (χ0) is 15.8. The Kier molecular flexibility index (Phi) is 6.08. The van der Waals surface area contributed by atoms with E-state index < -0.39 is 24.1 Å². The highest BCUT2D eigenvalue weighted by Gasteiger charge is 2.21. The SMILES string of the molecule is C#CC(CC)NC(=O)N[C@H](Cc1ccc(O)cc1)C(=O)O. The largest absolute Gasteiger partial charge is 0.508 e. The summed E-state index contributed by atoms with van der Waals surface area (Å²) in [6.45, 7) is 1.82. The van der Waals surface area contributed by atoms with Gasteiger partial charge in [0.15, 0.2) is 0 Å². The number of hydrogen-bond acceptors (Lipinski definition) is 3. The van der Waals surface area contributed by atoms with Crippen LogP contribution < -0.4 is 10.6 Å². The first-order valence-corrected chi connectivity index (χ1v) is 6.50. The molecule has 6 nitrogen and oxygen atoms in total. The summed E-state index contributed by atoms with van der Waals surface area (Å²) in [7, 11) is 0. The molecule has 4 N–H and O–H groups in total. The predicted molar refractivity (Wildman–Crippen MR) is 77.8 cm³/mol. The average molecular weight is 290 g/mol. The van der Waals surface area contributed by atoms with E-state index in [9.17, 15) is 14.7 Å². The number of aliphatic carboxylic acids is 1. The van der Waals surface area contributed by atoms with Crippen LogP contribution >= 0.6 is 0 Å². The fourth-order valence-corrected chi connectivity index (χ4v) is 1.69. The number of carbonyl (C=O) groups is 2. The molecule has 0 aromatic heterocycles. The quantitative estimate of drug-likeness (QED) is 0.590. The van der Waals surface area contributed by atoms with Gasteiger partial charge >= 0.3 is 12.0 Å². The molecule has 0 fully saturated rings. The zero-order valence-corrected chi connectivity index (χ0v) is 11.7. The number of phenolic OH excluding ortho intramolecular Hbond substituents is 1. The van der Waals surface area contributed by atoms with Crippen LogP contribution in [0.3, 0.4) is 0 Å². The Balaban J connectivity index is 2.66. The summed E-state index contributed by atoms with van der Waals surface area (Å²) in [5, 5.41) is 23.2. The smallest absolute Gasteiger partial charge is 0.326 e. The van der Waals surface area contributed by atoms with Crippen molar-refractivity contribution < 1.29 is 19.8 Å². The number of carboxylic acids is 1. The van der Waals surface area contributed by atoms with Crippen molar-refractivity contribution in [2.24, 2.45) is 0 Å². The molecule has 0 heterocycles. The zero-order valence-electron chi connectivity index (χ0n) is 11.7. The van der Waals surface area contributed by atoms with Crippen molar-refractivity contribution in [1.29, 1.82) is 0 Å². The molecule has 21 heavy (non-hydrogen) atoms. The van der Waals surface area contributed by atoms with Gasteiger partial charge in [-0.1, -0.05) is 25.0 Å². The van der Waals surface area contributed by atoms with E-state index in [1.807, 2.05) is 6.92 Å². The predicted octanol–water partition coefficient (Wildman–Crippen LogP) is 1.10. The lowest BCUT2D eigenvalue weighted by molar-refractivity contribution is -0.139. The fourth-order valence-electron chi connectivity index (χ4n) is 1.69. The lowest BCUT2D eigenvalue weighted by Gasteiger charge is -2.17. The molecular weight excluding hydrogens is 272 g/mol. The van der Waals surface area contributed by atoms with Gasteiger partial charge in [0.2, 0.25) is 0 Å². The number of carbonyl (C=O) groups excluding carboxylic acids is 1. The van der Waals surface area contributed by atoms with Crippen LogP contribution in [0.25, 0.3) is 0 Å². The number of nitrogens with one attached hydrogen (secondary N) is 2. The standard InChI is InChI=1S/C15H18N2O4/c1-3-11(4-2)16-15(21)17-13(14(19)20)9-10-5-7-12(18)8-6-10/h1,5-8,11,13,18H,4,9H2,2H3,(H,19,20)(H2,16,17,21)/t11?,13-/m1/s1. The molecule has 2 atom stereocenters. The Labute approximate surface area is 123 Å². The summed E-state index contributed by atoms with van der Waals surface area (Å²) >= 11 is 0. The molecule has 1 rings (SSSR count). The van der Waals surface area contributed by atoms with Crippen LogP contribution in [0.4, 0.5) is 4.79 Å². The van der Waals surface area contributed by atoms with Crippen LogP contribution in [-0.4, -0.2) is 34.3 Å². The number of carboxylic acid groups (broad SMARTS) is 1. The maximum absolute atomic E-state index is 11.7. The van der Waals surface area contributed by atoms with E-state index in [0.717, 1.165) is 0 Å². The molecule has 0 radical (unpaired) electrons. The second-order valence-electron chi connectivity index (χ2n) is 4.51. The number of hydrogen-bond donors (Lipinski definition) is 4. The van der Waals surface area contributed by atoms with Gasteiger partial charge in [-0.2, -0.15) is 0 Å². The molecule has 0 saturated carbocycles. The van der Waals surface area contributed by atoms with Crippen LogP contribution in [0.15, 0.2) is 24.3 Å². The lowest BCUT2D eigenvalue weighted by atomic mass is 10.1. The van der Waals surface area contributed by atoms with E-state index in [1.165, 1.54) is 12.1 Å². The highest BCUT2D eigenvalue weighted by molar-refractivity contribution is 5.83. The van der Waals surface area contributed by atoms with Crippen LogP contribution in [0.1, 0.15) is 18.9 Å². The van der Waals surface area contributed by atoms with Crippen molar-refractivity contribution in [1.82, 2.24) is 10.6 Å². The van der Waals surface area contributed by atoms with Gasteiger partial charge in [0.05, 0.1) is 6.04 Å². The summed E-state index contributed by atoms with van der Waals surface area (Å²) in [6, 6.07) is 3.98. The van der Waals surface area contributed by atoms with Gasteiger partial charge in [-0.15, -0.1) is 6.42 Å². The number of urea groups is 1. The van der Waals surface area contributed by atoms with E-state index in [2.05, 4.69) is 16.6 Å². The highest BCUT2D eigenvalue weighted by atomic mass is 16.4. The fraction of sp³-hybridized carbons (Fsp3) is 0.333. The number of phenols is 1. The van der Waals surface area contributed by atoms with E-state index in [1.54, 1.807) is 12.1 Å². The topological polar surface area (TPSA) is 98.7 Å². The second kappa shape index (κ2) is 7.80. The van der Waals surface area contributed by atoms with E-state index in [4.69, 9.17) is 11.5 Å². The summed E-state index contributed by atoms with van der Waals surface area (Å²) in [6.07, 6.45) is 5.89. The Morgan fingerprint density at radius 2 is 1.90 bits per heavy atom. The third kappa shape index (κ3) is 5.45. The van der Waals surface area contributed by atoms with Crippen molar-refractivity contribution in [3.8, 4) is 18.1 Å². The van der Waals surface area contributed by atoms with Gasteiger partial charge in [-0.05, 0) is 24.1 Å². The first kappa shape index (κ1) is 16.4. The normalized spacial score (nSPS) is 12.8. The maximum Gasteiger partial charge on any atom is 0.326 e. The second-order valence-corrected chi connectivity index (χ2v) is 4.51. The Hall–Kier alpha value is -2.68. The van der Waals surface area contributed by atoms with Gasteiger partial charge in [-0.3, -0.25) is 0 Å². The molecule has 112 valence electrons. The number of benzene rings is 1. The molecule has 0 aliphatic carbocycles. The van der Waals surface area contributed by atoms with E-state index in [-0.39, 0.29) is 12.2 Å². The molecule has 0 spiro atoms. The Morgan fingerprint density at radius 3 is 2.38 bits per heavy atom. The number of rotatable bonds is 6. The van der Waals surface area contributed by atoms with Crippen molar-refractivity contribution >= 4 is 12.0 Å². The number of aromatic hydroxyl groups is 1. The van der Waals surface area contributed by atoms with Crippen molar-refractivity contribution in [3.63, 3.8) is 0 Å². The molecular formula is C15H18N2O4. The van der Waals surface area contributed by atoms with Crippen LogP contribution in [0.5, 0.6) is 5.75 Å². The molecule has 1 aromatic carbocycles. The first-order valence-electron chi connectivity index (χ1n) is 6.50. The lowest BCUT2D eigenvalue weighted by Crippen LogP contribution is -2.49. The minimum atomic E-state index is -1.15. The molecule has 0 bridgehead atoms. The van der Waals surface area contributed by atoms with Crippen molar-refractivity contribution in [3.05, 3.63) is 29.8 Å². The molecule has 6 heteroatoms. The molecule has 0 aliphatic rings. The number of amides is 2. The summed E-state index contributed by atoms with van der Waals surface area (Å²) in [5.74, 6) is 1.34. The Morgan fingerprint density at radius 1 is 1.29 bits per heavy atom. The van der Waals surface area contributed by atoms with Gasteiger partial charge in [0.1, 0.15) is 11.8 Å². The molecule has 0 saturated heterocycles. The first-order chi connectivity index (χ1) is 9.96. The van der Waals surface area contributed by atoms with Gasteiger partial charge in [-0.25, -0.2) is 9.59 Å². The van der Waals surface area contributed by atoms with Gasteiger partial charge in [0.25, 0.3) is 0 Å². The van der Waals surface area contributed by atoms with Crippen molar-refractivity contribution in [2.75, 3.05) is 0 Å².